The van der Waals surface area contributed by atoms with E-state index in [1.165, 1.54) is 0 Å². The van der Waals surface area contributed by atoms with Gasteiger partial charge in [-0.15, -0.1) is 0 Å². The van der Waals surface area contributed by atoms with Crippen LogP contribution in [0.15, 0.2) is 24.4 Å². The molecule has 3 rings (SSSR count). The van der Waals surface area contributed by atoms with Crippen molar-refractivity contribution in [2.75, 3.05) is 41.7 Å². The van der Waals surface area contributed by atoms with Crippen LogP contribution < -0.4 is 15.5 Å². The molecule has 0 amide bonds. The van der Waals surface area contributed by atoms with Crippen molar-refractivity contribution in [3.05, 3.63) is 41.3 Å². The minimum absolute atomic E-state index is 0.536. The number of nitrogens with zero attached hydrogens (tertiary/aromatic N) is 5. The topological polar surface area (TPSA) is 82.1 Å². The first-order chi connectivity index (χ1) is 11.1. The van der Waals surface area contributed by atoms with Crippen LogP contribution in [-0.4, -0.2) is 36.1 Å². The van der Waals surface area contributed by atoms with E-state index in [4.69, 9.17) is 5.73 Å². The van der Waals surface area contributed by atoms with Crippen LogP contribution in [0, 0.1) is 25.2 Å². The highest BCUT2D eigenvalue weighted by Gasteiger charge is 2.21. The van der Waals surface area contributed by atoms with Crippen molar-refractivity contribution in [1.29, 1.82) is 5.26 Å². The molecule has 6 nitrogen and oxygen atoms in total. The Hall–Kier alpha value is -2.81. The zero-order valence-corrected chi connectivity index (χ0v) is 13.5. The zero-order chi connectivity index (χ0) is 16.4. The summed E-state index contributed by atoms with van der Waals surface area (Å²) in [4.78, 5) is 13.1. The highest BCUT2D eigenvalue weighted by atomic mass is 15.3. The number of anilines is 3. The Morgan fingerprint density at radius 3 is 2.43 bits per heavy atom. The highest BCUT2D eigenvalue weighted by Crippen LogP contribution is 2.25. The zero-order valence-electron chi connectivity index (χ0n) is 13.5. The molecular weight excluding hydrogens is 288 g/mol. The van der Waals surface area contributed by atoms with Gasteiger partial charge in [-0.25, -0.2) is 4.98 Å². The first-order valence-electron chi connectivity index (χ1n) is 7.68. The van der Waals surface area contributed by atoms with Gasteiger partial charge in [-0.05, 0) is 32.0 Å². The molecule has 1 aliphatic heterocycles. The van der Waals surface area contributed by atoms with Crippen LogP contribution >= 0.6 is 0 Å². The highest BCUT2D eigenvalue weighted by molar-refractivity contribution is 5.62. The molecule has 118 valence electrons. The normalized spacial score (nSPS) is 14.7. The predicted molar refractivity (Wildman–Crippen MR) is 91.5 cm³/mol. The van der Waals surface area contributed by atoms with Gasteiger partial charge in [-0.1, -0.05) is 0 Å². The summed E-state index contributed by atoms with van der Waals surface area (Å²) in [5.41, 5.74) is 10.1. The van der Waals surface area contributed by atoms with Gasteiger partial charge in [0.2, 0.25) is 0 Å². The molecular formula is C17H20N6. The SMILES string of the molecule is Cc1cc(N2CCN(c3ccc(N)nc3)CC2)c(C#N)c(C)n1. The first-order valence-corrected chi connectivity index (χ1v) is 7.68. The van der Waals surface area contributed by atoms with Gasteiger partial charge < -0.3 is 15.5 Å². The van der Waals surface area contributed by atoms with Crippen molar-refractivity contribution in [2.45, 2.75) is 13.8 Å². The molecule has 23 heavy (non-hydrogen) atoms. The fourth-order valence-electron chi connectivity index (χ4n) is 2.99. The lowest BCUT2D eigenvalue weighted by atomic mass is 10.1. The van der Waals surface area contributed by atoms with Crippen LogP contribution in [0.3, 0.4) is 0 Å². The molecule has 0 radical (unpaired) electrons. The van der Waals surface area contributed by atoms with Crippen LogP contribution in [-0.2, 0) is 0 Å². The molecule has 1 aliphatic rings. The molecule has 0 unspecified atom stereocenters. The van der Waals surface area contributed by atoms with Gasteiger partial charge in [0.25, 0.3) is 0 Å². The number of piperazine rings is 1. The largest absolute Gasteiger partial charge is 0.384 e. The number of aryl methyl sites for hydroxylation is 2. The molecule has 6 heteroatoms. The Morgan fingerprint density at radius 2 is 1.83 bits per heavy atom. The lowest BCUT2D eigenvalue weighted by molar-refractivity contribution is 0.651. The molecule has 2 aromatic heterocycles. The number of nitriles is 1. The lowest BCUT2D eigenvalue weighted by Crippen LogP contribution is -2.47. The molecule has 2 aromatic rings. The summed E-state index contributed by atoms with van der Waals surface area (Å²) in [5, 5.41) is 9.43. The summed E-state index contributed by atoms with van der Waals surface area (Å²) >= 11 is 0. The summed E-state index contributed by atoms with van der Waals surface area (Å²) < 4.78 is 0. The summed E-state index contributed by atoms with van der Waals surface area (Å²) in [7, 11) is 0. The van der Waals surface area contributed by atoms with E-state index >= 15 is 0 Å². The minimum atomic E-state index is 0.536. The molecule has 1 saturated heterocycles. The maximum Gasteiger partial charge on any atom is 0.123 e. The average molecular weight is 308 g/mol. The molecule has 3 heterocycles. The van der Waals surface area contributed by atoms with Crippen molar-refractivity contribution in [2.24, 2.45) is 0 Å². The number of rotatable bonds is 2. The monoisotopic (exact) mass is 308 g/mol. The number of hydrogen-bond acceptors (Lipinski definition) is 6. The third kappa shape index (κ3) is 3.04. The molecule has 2 N–H and O–H groups in total. The minimum Gasteiger partial charge on any atom is -0.384 e. The Labute approximate surface area is 136 Å². The Balaban J connectivity index is 1.77. The van der Waals surface area contributed by atoms with Crippen LogP contribution in [0.2, 0.25) is 0 Å². The number of aromatic nitrogens is 2. The summed E-state index contributed by atoms with van der Waals surface area (Å²) in [6.45, 7) is 7.36. The summed E-state index contributed by atoms with van der Waals surface area (Å²) in [5.74, 6) is 0.536. The van der Waals surface area contributed by atoms with E-state index in [1.807, 2.05) is 38.2 Å². The van der Waals surface area contributed by atoms with Crippen molar-refractivity contribution in [3.63, 3.8) is 0 Å². The van der Waals surface area contributed by atoms with Gasteiger partial charge >= 0.3 is 0 Å². The molecule has 0 spiro atoms. The van der Waals surface area contributed by atoms with E-state index in [1.54, 1.807) is 0 Å². The van der Waals surface area contributed by atoms with Crippen molar-refractivity contribution in [1.82, 2.24) is 9.97 Å². The summed E-state index contributed by atoms with van der Waals surface area (Å²) in [6, 6.07) is 8.13. The number of nitrogens with two attached hydrogens (primary N) is 1. The van der Waals surface area contributed by atoms with Gasteiger partial charge in [0.05, 0.1) is 28.8 Å². The standard InChI is InChI=1S/C17H20N6/c1-12-9-16(15(10-18)13(2)21-12)23-7-5-22(6-8-23)14-3-4-17(19)20-11-14/h3-4,9,11H,5-8H2,1-2H3,(H2,19,20). The molecule has 0 saturated carbocycles. The van der Waals surface area contributed by atoms with Crippen LogP contribution in [0.1, 0.15) is 17.0 Å². The van der Waals surface area contributed by atoms with Crippen LogP contribution in [0.5, 0.6) is 0 Å². The number of pyridine rings is 2. The molecule has 1 fully saturated rings. The third-order valence-corrected chi connectivity index (χ3v) is 4.18. The van der Waals surface area contributed by atoms with Gasteiger partial charge in [-0.3, -0.25) is 4.98 Å². The van der Waals surface area contributed by atoms with E-state index in [9.17, 15) is 5.26 Å². The van der Waals surface area contributed by atoms with E-state index in [-0.39, 0.29) is 0 Å². The maximum atomic E-state index is 9.43. The molecule has 0 atom stereocenters. The predicted octanol–water partition coefficient (Wildman–Crippen LogP) is 1.87. The number of hydrogen-bond donors (Lipinski definition) is 1. The van der Waals surface area contributed by atoms with Crippen molar-refractivity contribution in [3.8, 4) is 6.07 Å². The van der Waals surface area contributed by atoms with Gasteiger partial charge in [0.1, 0.15) is 11.9 Å². The second-order valence-corrected chi connectivity index (χ2v) is 5.77. The van der Waals surface area contributed by atoms with Crippen LogP contribution in [0.4, 0.5) is 17.2 Å². The molecule has 0 aliphatic carbocycles. The quantitative estimate of drug-likeness (QED) is 0.912. The van der Waals surface area contributed by atoms with E-state index in [0.717, 1.165) is 48.9 Å². The molecule has 0 bridgehead atoms. The van der Waals surface area contributed by atoms with E-state index in [2.05, 4.69) is 25.8 Å². The average Bonchev–Trinajstić information content (AvgIpc) is 2.55. The van der Waals surface area contributed by atoms with E-state index in [0.29, 0.717) is 11.4 Å². The van der Waals surface area contributed by atoms with Crippen LogP contribution in [0.25, 0.3) is 0 Å². The molecule has 0 aromatic carbocycles. The smallest absolute Gasteiger partial charge is 0.123 e. The van der Waals surface area contributed by atoms with Gasteiger partial charge in [0, 0.05) is 31.9 Å². The first kappa shape index (κ1) is 15.1. The lowest BCUT2D eigenvalue weighted by Gasteiger charge is -2.37. The van der Waals surface area contributed by atoms with E-state index < -0.39 is 0 Å². The van der Waals surface area contributed by atoms with Gasteiger partial charge in [0.15, 0.2) is 0 Å². The number of nitrogen functional groups attached to an aromatic ring is 1. The van der Waals surface area contributed by atoms with Crippen molar-refractivity contribution >= 4 is 17.2 Å². The Bertz CT molecular complexity index is 739. The fraction of sp³-hybridized carbons (Fsp3) is 0.353. The maximum absolute atomic E-state index is 9.43. The Morgan fingerprint density at radius 1 is 1.13 bits per heavy atom. The second-order valence-electron chi connectivity index (χ2n) is 5.77. The Kier molecular flexibility index (Phi) is 4.02. The van der Waals surface area contributed by atoms with Gasteiger partial charge in [-0.2, -0.15) is 5.26 Å². The second kappa shape index (κ2) is 6.13. The summed E-state index contributed by atoms with van der Waals surface area (Å²) in [6.07, 6.45) is 1.81. The third-order valence-electron chi connectivity index (χ3n) is 4.18. The van der Waals surface area contributed by atoms with Crippen molar-refractivity contribution < 1.29 is 0 Å². The fourth-order valence-corrected chi connectivity index (χ4v) is 2.99.